The van der Waals surface area contributed by atoms with Gasteiger partial charge < -0.3 is 15.2 Å². The molecule has 0 spiro atoms. The molecule has 0 bridgehead atoms. The molecule has 1 aromatic carbocycles. The number of fused-ring (bicyclic) bond motifs is 2. The van der Waals surface area contributed by atoms with E-state index in [0.717, 1.165) is 5.56 Å². The highest BCUT2D eigenvalue weighted by Crippen LogP contribution is 2.35. The molecule has 4 rings (SSSR count). The van der Waals surface area contributed by atoms with E-state index in [2.05, 4.69) is 10.1 Å². The van der Waals surface area contributed by atoms with Crippen LogP contribution in [0.4, 0.5) is 4.39 Å². The van der Waals surface area contributed by atoms with E-state index in [1.54, 1.807) is 4.68 Å². The predicted molar refractivity (Wildman–Crippen MR) is 68.0 cm³/mol. The van der Waals surface area contributed by atoms with Gasteiger partial charge in [0.15, 0.2) is 17.3 Å². The molecule has 2 N–H and O–H groups in total. The maximum atomic E-state index is 13.5. The van der Waals surface area contributed by atoms with E-state index in [-0.39, 0.29) is 13.3 Å². The van der Waals surface area contributed by atoms with Crippen LogP contribution < -0.4 is 15.2 Å². The summed E-state index contributed by atoms with van der Waals surface area (Å²) in [6.07, 6.45) is -0.678. The predicted octanol–water partition coefficient (Wildman–Crippen LogP) is 1.42. The number of halogens is 1. The molecule has 7 heteroatoms. The first-order valence-corrected chi connectivity index (χ1v) is 6.45. The second-order valence-electron chi connectivity index (χ2n) is 4.98. The van der Waals surface area contributed by atoms with Crippen molar-refractivity contribution in [3.63, 3.8) is 0 Å². The molecule has 0 amide bonds. The molecule has 2 aliphatic heterocycles. The Labute approximate surface area is 114 Å². The van der Waals surface area contributed by atoms with Crippen LogP contribution in [0.2, 0.25) is 0 Å². The SMILES string of the molecule is NC1CC(F)Cn2nc(-c3ccc4c(c3)OCO4)nc21. The third kappa shape index (κ3) is 1.74. The van der Waals surface area contributed by atoms with Crippen molar-refractivity contribution < 1.29 is 13.9 Å². The van der Waals surface area contributed by atoms with Gasteiger partial charge in [-0.05, 0) is 18.2 Å². The average Bonchev–Trinajstić information content (AvgIpc) is 3.03. The maximum Gasteiger partial charge on any atom is 0.231 e. The molecular weight excluding hydrogens is 263 g/mol. The van der Waals surface area contributed by atoms with Crippen molar-refractivity contribution in [2.75, 3.05) is 6.79 Å². The van der Waals surface area contributed by atoms with Gasteiger partial charge in [-0.3, -0.25) is 0 Å². The third-order valence-electron chi connectivity index (χ3n) is 3.54. The van der Waals surface area contributed by atoms with E-state index in [1.165, 1.54) is 0 Å². The monoisotopic (exact) mass is 276 g/mol. The van der Waals surface area contributed by atoms with E-state index in [9.17, 15) is 4.39 Å². The number of nitrogens with two attached hydrogens (primary N) is 1. The molecule has 3 heterocycles. The van der Waals surface area contributed by atoms with E-state index in [4.69, 9.17) is 15.2 Å². The number of rotatable bonds is 1. The average molecular weight is 276 g/mol. The molecule has 104 valence electrons. The molecular formula is C13H13FN4O2. The fourth-order valence-corrected chi connectivity index (χ4v) is 2.56. The Morgan fingerprint density at radius 3 is 3.05 bits per heavy atom. The number of aromatic nitrogens is 3. The highest BCUT2D eigenvalue weighted by molar-refractivity contribution is 5.61. The first-order chi connectivity index (χ1) is 9.70. The first kappa shape index (κ1) is 11.7. The second kappa shape index (κ2) is 4.17. The minimum Gasteiger partial charge on any atom is -0.454 e. The van der Waals surface area contributed by atoms with Crippen molar-refractivity contribution in [1.29, 1.82) is 0 Å². The minimum absolute atomic E-state index is 0.209. The zero-order chi connectivity index (χ0) is 13.7. The van der Waals surface area contributed by atoms with Crippen molar-refractivity contribution >= 4 is 0 Å². The summed E-state index contributed by atoms with van der Waals surface area (Å²) in [5.74, 6) is 2.54. The van der Waals surface area contributed by atoms with Crippen molar-refractivity contribution in [1.82, 2.24) is 14.8 Å². The van der Waals surface area contributed by atoms with Crippen LogP contribution in [0.1, 0.15) is 18.3 Å². The lowest BCUT2D eigenvalue weighted by molar-refractivity contribution is 0.174. The quantitative estimate of drug-likeness (QED) is 0.852. The molecule has 2 atom stereocenters. The Hall–Kier alpha value is -2.15. The summed E-state index contributed by atoms with van der Waals surface area (Å²) < 4.78 is 25.6. The smallest absolute Gasteiger partial charge is 0.231 e. The molecule has 1 aromatic heterocycles. The standard InChI is InChI=1S/C13H13FN4O2/c14-8-4-9(15)13-16-12(17-18(13)5-8)7-1-2-10-11(3-7)20-6-19-10/h1-3,8-9H,4-6,15H2. The fourth-order valence-electron chi connectivity index (χ4n) is 2.56. The van der Waals surface area contributed by atoms with Crippen LogP contribution in [0.25, 0.3) is 11.4 Å². The van der Waals surface area contributed by atoms with Crippen LogP contribution in [0.15, 0.2) is 18.2 Å². The summed E-state index contributed by atoms with van der Waals surface area (Å²) in [5.41, 5.74) is 6.71. The molecule has 0 saturated heterocycles. The normalized spacial score (nSPS) is 23.7. The number of hydrogen-bond donors (Lipinski definition) is 1. The van der Waals surface area contributed by atoms with Gasteiger partial charge in [0.25, 0.3) is 0 Å². The zero-order valence-electron chi connectivity index (χ0n) is 10.6. The zero-order valence-corrected chi connectivity index (χ0v) is 10.6. The lowest BCUT2D eigenvalue weighted by Gasteiger charge is -2.21. The maximum absolute atomic E-state index is 13.5. The van der Waals surface area contributed by atoms with Crippen LogP contribution in [0.3, 0.4) is 0 Å². The minimum atomic E-state index is -0.969. The molecule has 0 radical (unpaired) electrons. The molecule has 0 saturated carbocycles. The van der Waals surface area contributed by atoms with E-state index in [1.807, 2.05) is 18.2 Å². The summed E-state index contributed by atoms with van der Waals surface area (Å²) in [6.45, 7) is 0.431. The van der Waals surface area contributed by atoms with Gasteiger partial charge in [-0.2, -0.15) is 5.10 Å². The summed E-state index contributed by atoms with van der Waals surface area (Å²) in [5, 5.41) is 4.34. The number of ether oxygens (including phenoxy) is 2. The van der Waals surface area contributed by atoms with Gasteiger partial charge in [0.1, 0.15) is 12.0 Å². The third-order valence-corrected chi connectivity index (χ3v) is 3.54. The van der Waals surface area contributed by atoms with Crippen LogP contribution >= 0.6 is 0 Å². The van der Waals surface area contributed by atoms with Crippen LogP contribution in [0, 0.1) is 0 Å². The van der Waals surface area contributed by atoms with Crippen LogP contribution in [-0.2, 0) is 6.54 Å². The van der Waals surface area contributed by atoms with Gasteiger partial charge in [0.2, 0.25) is 6.79 Å². The number of hydrogen-bond acceptors (Lipinski definition) is 5. The van der Waals surface area contributed by atoms with Gasteiger partial charge in [-0.15, -0.1) is 0 Å². The first-order valence-electron chi connectivity index (χ1n) is 6.45. The molecule has 2 aliphatic rings. The Morgan fingerprint density at radius 1 is 1.30 bits per heavy atom. The Morgan fingerprint density at radius 2 is 2.15 bits per heavy atom. The number of nitrogens with zero attached hydrogens (tertiary/aromatic N) is 3. The van der Waals surface area contributed by atoms with Crippen molar-refractivity contribution in [3.8, 4) is 22.9 Å². The summed E-state index contributed by atoms with van der Waals surface area (Å²) in [6, 6.07) is 5.08. The largest absolute Gasteiger partial charge is 0.454 e. The molecule has 0 aliphatic carbocycles. The van der Waals surface area contributed by atoms with Gasteiger partial charge in [0, 0.05) is 12.0 Å². The van der Waals surface area contributed by atoms with Gasteiger partial charge in [-0.25, -0.2) is 14.1 Å². The van der Waals surface area contributed by atoms with E-state index >= 15 is 0 Å². The molecule has 0 fully saturated rings. The topological polar surface area (TPSA) is 75.2 Å². The fraction of sp³-hybridized carbons (Fsp3) is 0.385. The van der Waals surface area contributed by atoms with Crippen LogP contribution in [0.5, 0.6) is 11.5 Å². The number of benzene rings is 1. The molecule has 2 aromatic rings. The van der Waals surface area contributed by atoms with Gasteiger partial charge in [0.05, 0.1) is 12.6 Å². The number of alkyl halides is 1. The summed E-state index contributed by atoms with van der Waals surface area (Å²) in [7, 11) is 0. The Bertz CT molecular complexity index is 672. The molecule has 20 heavy (non-hydrogen) atoms. The van der Waals surface area contributed by atoms with E-state index < -0.39 is 12.2 Å². The van der Waals surface area contributed by atoms with Gasteiger partial charge in [-0.1, -0.05) is 0 Å². The van der Waals surface area contributed by atoms with Crippen LogP contribution in [-0.4, -0.2) is 27.7 Å². The highest BCUT2D eigenvalue weighted by atomic mass is 19.1. The van der Waals surface area contributed by atoms with Crippen molar-refractivity contribution in [2.24, 2.45) is 5.73 Å². The lowest BCUT2D eigenvalue weighted by Crippen LogP contribution is -2.30. The van der Waals surface area contributed by atoms with Gasteiger partial charge >= 0.3 is 0 Å². The molecule has 6 nitrogen and oxygen atoms in total. The van der Waals surface area contributed by atoms with Crippen molar-refractivity contribution in [2.45, 2.75) is 25.2 Å². The molecule has 2 unspecified atom stereocenters. The Kier molecular flexibility index (Phi) is 2.43. The van der Waals surface area contributed by atoms with Crippen molar-refractivity contribution in [3.05, 3.63) is 24.0 Å². The summed E-state index contributed by atoms with van der Waals surface area (Å²) in [4.78, 5) is 4.43. The lowest BCUT2D eigenvalue weighted by atomic mass is 10.1. The van der Waals surface area contributed by atoms with E-state index in [0.29, 0.717) is 29.6 Å². The summed E-state index contributed by atoms with van der Waals surface area (Å²) >= 11 is 0. The Balaban J connectivity index is 1.75. The highest BCUT2D eigenvalue weighted by Gasteiger charge is 2.28. The second-order valence-corrected chi connectivity index (χ2v) is 4.98.